The number of carboxylic acid groups (broad SMARTS) is 1. The van der Waals surface area contributed by atoms with Gasteiger partial charge in [-0.3, -0.25) is 9.79 Å². The molecule has 0 aromatic carbocycles. The van der Waals surface area contributed by atoms with Crippen molar-refractivity contribution in [3.8, 4) is 0 Å². The predicted octanol–water partition coefficient (Wildman–Crippen LogP) is 2.11. The number of carbonyl (C=O) groups is 1. The second-order valence-electron chi connectivity index (χ2n) is 3.57. The highest BCUT2D eigenvalue weighted by Gasteiger charge is 2.43. The van der Waals surface area contributed by atoms with E-state index in [1.807, 2.05) is 11.5 Å². The first-order valence-electron chi connectivity index (χ1n) is 4.49. The van der Waals surface area contributed by atoms with Gasteiger partial charge in [0.2, 0.25) is 0 Å². The molecular formula is C11H7NO2S. The summed E-state index contributed by atoms with van der Waals surface area (Å²) in [6.45, 7) is 0. The van der Waals surface area contributed by atoms with Gasteiger partial charge in [0.1, 0.15) is 5.41 Å². The fourth-order valence-electron chi connectivity index (χ4n) is 1.88. The van der Waals surface area contributed by atoms with Gasteiger partial charge in [0.15, 0.2) is 0 Å². The van der Waals surface area contributed by atoms with Gasteiger partial charge in [-0.25, -0.2) is 0 Å². The molecule has 15 heavy (non-hydrogen) atoms. The third-order valence-electron chi connectivity index (χ3n) is 2.72. The van der Waals surface area contributed by atoms with E-state index in [0.29, 0.717) is 0 Å². The monoisotopic (exact) mass is 217 g/mol. The lowest BCUT2D eigenvalue weighted by Gasteiger charge is -2.24. The van der Waals surface area contributed by atoms with Crippen LogP contribution in [0.25, 0.3) is 0 Å². The molecule has 2 heterocycles. The maximum absolute atomic E-state index is 11.3. The zero-order valence-corrected chi connectivity index (χ0v) is 8.49. The number of nitrogens with zero attached hydrogens (tertiary/aromatic N) is 1. The van der Waals surface area contributed by atoms with E-state index in [1.54, 1.807) is 24.6 Å². The fourth-order valence-corrected chi connectivity index (χ4v) is 2.91. The zero-order chi connectivity index (χ0) is 10.5. The van der Waals surface area contributed by atoms with E-state index < -0.39 is 11.4 Å². The number of carboxylic acids is 1. The van der Waals surface area contributed by atoms with Gasteiger partial charge >= 0.3 is 5.97 Å². The molecule has 0 radical (unpaired) electrons. The fraction of sp³-hybridized carbons (Fsp3) is 0.0909. The Morgan fingerprint density at radius 3 is 3.13 bits per heavy atom. The lowest BCUT2D eigenvalue weighted by molar-refractivity contribution is -0.141. The minimum Gasteiger partial charge on any atom is -0.480 e. The summed E-state index contributed by atoms with van der Waals surface area (Å²) in [6.07, 6.45) is 8.85. The lowest BCUT2D eigenvalue weighted by atomic mass is 9.80. The van der Waals surface area contributed by atoms with Crippen LogP contribution in [0.3, 0.4) is 0 Å². The van der Waals surface area contributed by atoms with E-state index in [9.17, 15) is 9.90 Å². The van der Waals surface area contributed by atoms with E-state index in [0.717, 1.165) is 16.1 Å². The maximum atomic E-state index is 11.3. The SMILES string of the molecule is O=C(O)C12C=CSC1=CC1=CN=CC1=C2. The van der Waals surface area contributed by atoms with Crippen LogP contribution in [-0.2, 0) is 4.79 Å². The van der Waals surface area contributed by atoms with Gasteiger partial charge in [0.25, 0.3) is 0 Å². The average Bonchev–Trinajstić information content (AvgIpc) is 2.78. The van der Waals surface area contributed by atoms with Crippen LogP contribution < -0.4 is 0 Å². The molecule has 1 aliphatic carbocycles. The molecule has 0 bridgehead atoms. The molecule has 0 amide bonds. The summed E-state index contributed by atoms with van der Waals surface area (Å²) >= 11 is 1.46. The third-order valence-corrected chi connectivity index (χ3v) is 3.70. The number of fused-ring (bicyclic) bond motifs is 2. The van der Waals surface area contributed by atoms with Gasteiger partial charge in [-0.15, -0.1) is 11.8 Å². The third kappa shape index (κ3) is 1.02. The summed E-state index contributed by atoms with van der Waals surface area (Å²) in [7, 11) is 0. The molecule has 0 aromatic heterocycles. The van der Waals surface area contributed by atoms with Crippen molar-refractivity contribution in [3.63, 3.8) is 0 Å². The number of hydrogen-bond donors (Lipinski definition) is 1. The van der Waals surface area contributed by atoms with Crippen LogP contribution in [-0.4, -0.2) is 17.3 Å². The summed E-state index contributed by atoms with van der Waals surface area (Å²) < 4.78 is 0. The van der Waals surface area contributed by atoms with Crippen molar-refractivity contribution in [1.29, 1.82) is 0 Å². The molecule has 0 saturated heterocycles. The van der Waals surface area contributed by atoms with Crippen molar-refractivity contribution >= 4 is 23.9 Å². The Morgan fingerprint density at radius 2 is 2.33 bits per heavy atom. The highest BCUT2D eigenvalue weighted by molar-refractivity contribution is 8.06. The minimum absolute atomic E-state index is 0.832. The van der Waals surface area contributed by atoms with Crippen LogP contribution in [0.4, 0.5) is 0 Å². The number of rotatable bonds is 1. The lowest BCUT2D eigenvalue weighted by Crippen LogP contribution is -2.28. The van der Waals surface area contributed by atoms with Crippen LogP contribution in [0.15, 0.2) is 50.9 Å². The van der Waals surface area contributed by atoms with E-state index in [4.69, 9.17) is 0 Å². The van der Waals surface area contributed by atoms with E-state index in [2.05, 4.69) is 4.99 Å². The Bertz CT molecular complexity index is 511. The highest BCUT2D eigenvalue weighted by atomic mass is 32.2. The van der Waals surface area contributed by atoms with Crippen LogP contribution in [0.1, 0.15) is 0 Å². The molecule has 4 heteroatoms. The predicted molar refractivity (Wildman–Crippen MR) is 59.5 cm³/mol. The Labute approximate surface area is 90.6 Å². The quantitative estimate of drug-likeness (QED) is 0.731. The number of thioether (sulfide) groups is 1. The first kappa shape index (κ1) is 8.73. The molecule has 0 fully saturated rings. The van der Waals surface area contributed by atoms with E-state index in [1.165, 1.54) is 11.8 Å². The van der Waals surface area contributed by atoms with Crippen LogP contribution in [0.2, 0.25) is 0 Å². The van der Waals surface area contributed by atoms with Crippen LogP contribution in [0.5, 0.6) is 0 Å². The molecule has 0 aromatic rings. The minimum atomic E-state index is -0.951. The van der Waals surface area contributed by atoms with Gasteiger partial charge in [0, 0.05) is 22.9 Å². The zero-order valence-electron chi connectivity index (χ0n) is 7.68. The van der Waals surface area contributed by atoms with Gasteiger partial charge in [0.05, 0.1) is 0 Å². The van der Waals surface area contributed by atoms with Gasteiger partial charge in [-0.05, 0) is 23.1 Å². The molecule has 2 aliphatic heterocycles. The first-order chi connectivity index (χ1) is 7.22. The molecule has 3 rings (SSSR count). The second-order valence-corrected chi connectivity index (χ2v) is 4.51. The summed E-state index contributed by atoms with van der Waals surface area (Å²) in [5.41, 5.74) is 0.944. The van der Waals surface area contributed by atoms with Crippen LogP contribution >= 0.6 is 11.8 Å². The Balaban J connectivity index is 2.21. The Morgan fingerprint density at radius 1 is 1.47 bits per heavy atom. The van der Waals surface area contributed by atoms with Crippen molar-refractivity contribution in [3.05, 3.63) is 45.9 Å². The van der Waals surface area contributed by atoms with Crippen molar-refractivity contribution in [2.24, 2.45) is 10.4 Å². The first-order valence-corrected chi connectivity index (χ1v) is 5.37. The van der Waals surface area contributed by atoms with Gasteiger partial charge in [-0.2, -0.15) is 0 Å². The van der Waals surface area contributed by atoms with E-state index in [-0.39, 0.29) is 0 Å². The normalized spacial score (nSPS) is 30.5. The molecule has 0 spiro atoms. The Hall–Kier alpha value is -1.55. The number of aliphatic imine (C=N–C) groups is 1. The molecule has 3 aliphatic rings. The average molecular weight is 217 g/mol. The largest absolute Gasteiger partial charge is 0.480 e. The topological polar surface area (TPSA) is 49.7 Å². The molecule has 0 saturated carbocycles. The highest BCUT2D eigenvalue weighted by Crippen LogP contribution is 2.50. The Kier molecular flexibility index (Phi) is 1.59. The van der Waals surface area contributed by atoms with Crippen molar-refractivity contribution in [2.45, 2.75) is 0 Å². The molecule has 1 unspecified atom stereocenters. The second kappa shape index (κ2) is 2.73. The van der Waals surface area contributed by atoms with Gasteiger partial charge < -0.3 is 5.11 Å². The van der Waals surface area contributed by atoms with Crippen LogP contribution in [0, 0.1) is 5.41 Å². The van der Waals surface area contributed by atoms with Crippen molar-refractivity contribution in [1.82, 2.24) is 0 Å². The molecule has 1 atom stereocenters. The van der Waals surface area contributed by atoms with Gasteiger partial charge in [-0.1, -0.05) is 6.08 Å². The molecule has 1 N–H and O–H groups in total. The van der Waals surface area contributed by atoms with E-state index >= 15 is 0 Å². The summed E-state index contributed by atoms with van der Waals surface area (Å²) in [6, 6.07) is 0. The summed E-state index contributed by atoms with van der Waals surface area (Å²) in [5, 5.41) is 11.1. The van der Waals surface area contributed by atoms with Crippen molar-refractivity contribution < 1.29 is 9.90 Å². The number of aliphatic carboxylic acids is 1. The molecule has 3 nitrogen and oxygen atoms in total. The summed E-state index contributed by atoms with van der Waals surface area (Å²) in [4.78, 5) is 16.2. The van der Waals surface area contributed by atoms with Crippen molar-refractivity contribution in [2.75, 3.05) is 0 Å². The molecular weight excluding hydrogens is 210 g/mol. The smallest absolute Gasteiger partial charge is 0.322 e. The number of hydrogen-bond acceptors (Lipinski definition) is 3. The number of allylic oxidation sites excluding steroid dienone is 3. The molecule has 74 valence electrons. The summed E-state index contributed by atoms with van der Waals surface area (Å²) in [5.74, 6) is -0.832. The standard InChI is InChI=1S/C11H7NO2S/c13-10(14)11-1-2-15-9(11)3-7-5-12-6-8(7)4-11/h1-6H,(H,13,14). The maximum Gasteiger partial charge on any atom is 0.322 e.